The minimum absolute atomic E-state index is 0. The molecule has 0 saturated carbocycles. The van der Waals surface area contributed by atoms with E-state index in [0.717, 1.165) is 12.8 Å². The predicted octanol–water partition coefficient (Wildman–Crippen LogP) is 3.30. The molecular formula is C13H18Cl3FN2O2S. The number of hydrogen-bond donors (Lipinski definition) is 1. The molecule has 9 heteroatoms. The number of sulfonamides is 1. The van der Waals surface area contributed by atoms with Crippen LogP contribution in [0.5, 0.6) is 0 Å². The molecule has 126 valence electrons. The van der Waals surface area contributed by atoms with Gasteiger partial charge in [-0.1, -0.05) is 30.1 Å². The molecule has 0 bridgehead atoms. The predicted molar refractivity (Wildman–Crippen MR) is 88.8 cm³/mol. The van der Waals surface area contributed by atoms with Crippen LogP contribution in [0.4, 0.5) is 4.39 Å². The second-order valence-corrected chi connectivity index (χ2v) is 7.86. The standard InChI is InChI=1S/C13H17Cl2FN2O2S.ClH/c1-8-3-2-6-18(10(8)7-17)21(19,20)11-5-4-9(14)13(16)12(11)15;/h4-5,8,10H,2-3,6-7,17H2,1H3;1H. The lowest BCUT2D eigenvalue weighted by Crippen LogP contribution is -2.51. The maximum absolute atomic E-state index is 13.8. The molecule has 2 N–H and O–H groups in total. The molecule has 1 aliphatic rings. The Balaban J connectivity index is 0.00000242. The van der Waals surface area contributed by atoms with Crippen LogP contribution in [-0.4, -0.2) is 31.9 Å². The molecule has 0 aliphatic carbocycles. The number of halogens is 4. The van der Waals surface area contributed by atoms with E-state index in [9.17, 15) is 12.8 Å². The van der Waals surface area contributed by atoms with E-state index in [1.165, 1.54) is 16.4 Å². The van der Waals surface area contributed by atoms with E-state index in [2.05, 4.69) is 0 Å². The van der Waals surface area contributed by atoms with Gasteiger partial charge in [0.25, 0.3) is 0 Å². The van der Waals surface area contributed by atoms with Crippen molar-refractivity contribution in [2.75, 3.05) is 13.1 Å². The summed E-state index contributed by atoms with van der Waals surface area (Å²) in [6.07, 6.45) is 1.65. The second kappa shape index (κ2) is 7.64. The van der Waals surface area contributed by atoms with Crippen molar-refractivity contribution >= 4 is 45.6 Å². The summed E-state index contributed by atoms with van der Waals surface area (Å²) < 4.78 is 40.6. The molecule has 22 heavy (non-hydrogen) atoms. The highest BCUT2D eigenvalue weighted by Gasteiger charge is 2.37. The Morgan fingerprint density at radius 1 is 1.41 bits per heavy atom. The van der Waals surface area contributed by atoms with Gasteiger partial charge in [-0.15, -0.1) is 12.4 Å². The van der Waals surface area contributed by atoms with Gasteiger partial charge in [0.15, 0.2) is 5.82 Å². The Bertz CT molecular complexity index is 642. The van der Waals surface area contributed by atoms with E-state index in [1.54, 1.807) is 0 Å². The monoisotopic (exact) mass is 390 g/mol. The van der Waals surface area contributed by atoms with Crippen LogP contribution in [0, 0.1) is 11.7 Å². The van der Waals surface area contributed by atoms with Crippen LogP contribution in [0.2, 0.25) is 10.0 Å². The number of benzene rings is 1. The van der Waals surface area contributed by atoms with Crippen LogP contribution < -0.4 is 5.73 Å². The van der Waals surface area contributed by atoms with Crippen LogP contribution in [0.1, 0.15) is 19.8 Å². The zero-order valence-corrected chi connectivity index (χ0v) is 15.1. The molecule has 1 fully saturated rings. The summed E-state index contributed by atoms with van der Waals surface area (Å²) in [5, 5.41) is -0.683. The van der Waals surface area contributed by atoms with Crippen LogP contribution in [0.25, 0.3) is 0 Å². The molecule has 1 aromatic carbocycles. The van der Waals surface area contributed by atoms with Gasteiger partial charge in [0.1, 0.15) is 4.90 Å². The lowest BCUT2D eigenvalue weighted by molar-refractivity contribution is 0.192. The van der Waals surface area contributed by atoms with E-state index in [4.69, 9.17) is 28.9 Å². The molecule has 1 aliphatic heterocycles. The zero-order chi connectivity index (χ0) is 15.8. The van der Waals surface area contributed by atoms with Crippen molar-refractivity contribution in [3.05, 3.63) is 28.0 Å². The van der Waals surface area contributed by atoms with E-state index >= 15 is 0 Å². The number of rotatable bonds is 3. The van der Waals surface area contributed by atoms with Gasteiger partial charge in [-0.3, -0.25) is 0 Å². The molecule has 0 aromatic heterocycles. The van der Waals surface area contributed by atoms with Gasteiger partial charge in [-0.25, -0.2) is 12.8 Å². The maximum Gasteiger partial charge on any atom is 0.244 e. The molecule has 4 nitrogen and oxygen atoms in total. The summed E-state index contributed by atoms with van der Waals surface area (Å²) in [7, 11) is -3.90. The first-order chi connectivity index (χ1) is 9.80. The van der Waals surface area contributed by atoms with Crippen molar-refractivity contribution in [1.82, 2.24) is 4.31 Å². The number of piperidine rings is 1. The molecule has 2 unspecified atom stereocenters. The first-order valence-corrected chi connectivity index (χ1v) is 8.85. The average Bonchev–Trinajstić information content (AvgIpc) is 2.44. The third-order valence-electron chi connectivity index (χ3n) is 3.89. The third-order valence-corrected chi connectivity index (χ3v) is 6.63. The molecule has 2 rings (SSSR count). The average molecular weight is 392 g/mol. The van der Waals surface area contributed by atoms with Gasteiger partial charge in [-0.05, 0) is 30.9 Å². The van der Waals surface area contributed by atoms with Crippen molar-refractivity contribution in [2.45, 2.75) is 30.7 Å². The second-order valence-electron chi connectivity index (χ2n) is 5.21. The summed E-state index contributed by atoms with van der Waals surface area (Å²) in [6.45, 7) is 2.53. The Morgan fingerprint density at radius 3 is 2.64 bits per heavy atom. The van der Waals surface area contributed by atoms with Gasteiger partial charge in [0.2, 0.25) is 10.0 Å². The number of nitrogens with two attached hydrogens (primary N) is 1. The highest BCUT2D eigenvalue weighted by atomic mass is 35.5. The fourth-order valence-electron chi connectivity index (χ4n) is 2.69. The minimum Gasteiger partial charge on any atom is -0.329 e. The summed E-state index contributed by atoms with van der Waals surface area (Å²) >= 11 is 11.4. The van der Waals surface area contributed by atoms with Crippen LogP contribution in [-0.2, 0) is 10.0 Å². The fourth-order valence-corrected chi connectivity index (χ4v) is 5.18. The smallest absolute Gasteiger partial charge is 0.244 e. The molecule has 1 saturated heterocycles. The molecule has 1 heterocycles. The molecule has 0 amide bonds. The Morgan fingerprint density at radius 2 is 2.05 bits per heavy atom. The van der Waals surface area contributed by atoms with Crippen molar-refractivity contribution in [1.29, 1.82) is 0 Å². The van der Waals surface area contributed by atoms with Crippen molar-refractivity contribution < 1.29 is 12.8 Å². The fraction of sp³-hybridized carbons (Fsp3) is 0.538. The first kappa shape index (κ1) is 19.9. The van der Waals surface area contributed by atoms with Crippen molar-refractivity contribution in [3.8, 4) is 0 Å². The zero-order valence-electron chi connectivity index (χ0n) is 11.9. The summed E-state index contributed by atoms with van der Waals surface area (Å²) in [5.74, 6) is -0.775. The van der Waals surface area contributed by atoms with Gasteiger partial charge in [-0.2, -0.15) is 4.31 Å². The normalized spacial score (nSPS) is 23.1. The lowest BCUT2D eigenvalue weighted by atomic mass is 9.93. The summed E-state index contributed by atoms with van der Waals surface area (Å²) in [6, 6.07) is 2.12. The number of hydrogen-bond acceptors (Lipinski definition) is 3. The Labute approximate surface area is 146 Å². The largest absolute Gasteiger partial charge is 0.329 e. The topological polar surface area (TPSA) is 63.4 Å². The van der Waals surface area contributed by atoms with Crippen LogP contribution in [0.3, 0.4) is 0 Å². The summed E-state index contributed by atoms with van der Waals surface area (Å²) in [5.41, 5.74) is 5.72. The third kappa shape index (κ3) is 3.52. The summed E-state index contributed by atoms with van der Waals surface area (Å²) in [4.78, 5) is -0.265. The van der Waals surface area contributed by atoms with Gasteiger partial charge < -0.3 is 5.73 Å². The maximum atomic E-state index is 13.8. The van der Waals surface area contributed by atoms with Gasteiger partial charge in [0.05, 0.1) is 10.0 Å². The molecule has 1 aromatic rings. The van der Waals surface area contributed by atoms with E-state index in [-0.39, 0.29) is 40.8 Å². The van der Waals surface area contributed by atoms with E-state index in [1.807, 2.05) is 6.92 Å². The SMILES string of the molecule is CC1CCCN(S(=O)(=O)c2ccc(Cl)c(F)c2Cl)C1CN.Cl. The molecule has 0 radical (unpaired) electrons. The highest BCUT2D eigenvalue weighted by Crippen LogP contribution is 2.34. The van der Waals surface area contributed by atoms with Crippen LogP contribution in [0.15, 0.2) is 17.0 Å². The van der Waals surface area contributed by atoms with Crippen LogP contribution >= 0.6 is 35.6 Å². The quantitative estimate of drug-likeness (QED) is 0.804. The highest BCUT2D eigenvalue weighted by molar-refractivity contribution is 7.89. The van der Waals surface area contributed by atoms with Gasteiger partial charge >= 0.3 is 0 Å². The van der Waals surface area contributed by atoms with E-state index in [0.29, 0.717) is 6.54 Å². The number of nitrogens with zero attached hydrogens (tertiary/aromatic N) is 1. The Hall–Kier alpha value is -0.110. The van der Waals surface area contributed by atoms with Crippen molar-refractivity contribution in [3.63, 3.8) is 0 Å². The van der Waals surface area contributed by atoms with Gasteiger partial charge in [0, 0.05) is 19.1 Å². The molecule has 2 atom stereocenters. The van der Waals surface area contributed by atoms with E-state index < -0.39 is 20.9 Å². The Kier molecular flexibility index (Phi) is 6.92. The molecular weight excluding hydrogens is 374 g/mol. The van der Waals surface area contributed by atoms with Crippen molar-refractivity contribution in [2.24, 2.45) is 11.7 Å². The lowest BCUT2D eigenvalue weighted by Gasteiger charge is -2.38. The minimum atomic E-state index is -3.90. The first-order valence-electron chi connectivity index (χ1n) is 6.66. The molecule has 0 spiro atoms.